The molecule has 0 aliphatic rings. The van der Waals surface area contributed by atoms with Crippen LogP contribution < -0.4 is 11.1 Å². The van der Waals surface area contributed by atoms with Gasteiger partial charge in [0.05, 0.1) is 6.20 Å². The molecule has 0 spiro atoms. The van der Waals surface area contributed by atoms with Crippen LogP contribution in [-0.4, -0.2) is 21.7 Å². The van der Waals surface area contributed by atoms with E-state index in [-0.39, 0.29) is 11.9 Å². The van der Waals surface area contributed by atoms with Crippen LogP contribution in [0.3, 0.4) is 0 Å². The van der Waals surface area contributed by atoms with E-state index in [9.17, 15) is 4.79 Å². The number of nitrogens with one attached hydrogen (secondary N) is 1. The van der Waals surface area contributed by atoms with Gasteiger partial charge in [0.15, 0.2) is 0 Å². The molecule has 15 heavy (non-hydrogen) atoms. The molecule has 2 atom stereocenters. The first-order valence-electron chi connectivity index (χ1n) is 5.09. The number of hydrogen-bond acceptors (Lipinski definition) is 3. The number of nitrogens with zero attached hydrogens (tertiary/aromatic N) is 2. The molecule has 1 aromatic rings. The van der Waals surface area contributed by atoms with Gasteiger partial charge in [-0.2, -0.15) is 5.10 Å². The maximum atomic E-state index is 11.6. The van der Waals surface area contributed by atoms with Crippen LogP contribution in [0.4, 0.5) is 0 Å². The second kappa shape index (κ2) is 4.93. The Morgan fingerprint density at radius 2 is 2.40 bits per heavy atom. The summed E-state index contributed by atoms with van der Waals surface area (Å²) in [5.74, 6) is -0.155. The Morgan fingerprint density at radius 1 is 1.73 bits per heavy atom. The van der Waals surface area contributed by atoms with E-state index in [1.165, 1.54) is 0 Å². The standard InChI is InChI=1S/C10H18N4O/c1-4-7(2)13-10(15)9(11)8-5-12-14(3)6-8/h5-7,9H,4,11H2,1-3H3,(H,13,15). The number of nitrogens with two attached hydrogens (primary N) is 1. The summed E-state index contributed by atoms with van der Waals surface area (Å²) in [5.41, 5.74) is 6.52. The van der Waals surface area contributed by atoms with Gasteiger partial charge < -0.3 is 11.1 Å². The molecular formula is C10H18N4O. The molecule has 0 saturated carbocycles. The lowest BCUT2D eigenvalue weighted by Crippen LogP contribution is -2.39. The van der Waals surface area contributed by atoms with Gasteiger partial charge in [0, 0.05) is 24.8 Å². The summed E-state index contributed by atoms with van der Waals surface area (Å²) in [4.78, 5) is 11.6. The van der Waals surface area contributed by atoms with Crippen molar-refractivity contribution >= 4 is 5.91 Å². The third kappa shape index (κ3) is 3.06. The number of rotatable bonds is 4. The zero-order chi connectivity index (χ0) is 11.4. The van der Waals surface area contributed by atoms with Gasteiger partial charge in [0.25, 0.3) is 0 Å². The Balaban J connectivity index is 2.60. The van der Waals surface area contributed by atoms with Crippen molar-refractivity contribution in [2.45, 2.75) is 32.4 Å². The third-order valence-corrected chi connectivity index (χ3v) is 2.37. The molecule has 1 amide bonds. The van der Waals surface area contributed by atoms with E-state index in [0.29, 0.717) is 0 Å². The molecule has 3 N–H and O–H groups in total. The Kier molecular flexibility index (Phi) is 3.85. The first-order valence-corrected chi connectivity index (χ1v) is 5.09. The number of aromatic nitrogens is 2. The number of hydrogen-bond donors (Lipinski definition) is 2. The Labute approximate surface area is 89.6 Å². The molecule has 0 aliphatic carbocycles. The lowest BCUT2D eigenvalue weighted by atomic mass is 10.1. The molecule has 0 aromatic carbocycles. The second-order valence-electron chi connectivity index (χ2n) is 3.74. The minimum Gasteiger partial charge on any atom is -0.352 e. The fourth-order valence-corrected chi connectivity index (χ4v) is 1.19. The average molecular weight is 210 g/mol. The SMILES string of the molecule is CCC(C)NC(=O)C(N)c1cnn(C)c1. The van der Waals surface area contributed by atoms with E-state index in [0.717, 1.165) is 12.0 Å². The monoisotopic (exact) mass is 210 g/mol. The minimum absolute atomic E-state index is 0.153. The highest BCUT2D eigenvalue weighted by atomic mass is 16.2. The molecule has 0 aliphatic heterocycles. The number of carbonyl (C=O) groups is 1. The first-order chi connectivity index (χ1) is 7.04. The smallest absolute Gasteiger partial charge is 0.241 e. The Morgan fingerprint density at radius 3 is 2.87 bits per heavy atom. The molecule has 0 radical (unpaired) electrons. The van der Waals surface area contributed by atoms with Crippen LogP contribution >= 0.6 is 0 Å². The number of aryl methyl sites for hydroxylation is 1. The molecule has 1 aromatic heterocycles. The van der Waals surface area contributed by atoms with Gasteiger partial charge in [-0.15, -0.1) is 0 Å². The fourth-order valence-electron chi connectivity index (χ4n) is 1.19. The van der Waals surface area contributed by atoms with Crippen LogP contribution in [0.5, 0.6) is 0 Å². The van der Waals surface area contributed by atoms with E-state index < -0.39 is 6.04 Å². The average Bonchev–Trinajstić information content (AvgIpc) is 2.63. The zero-order valence-electron chi connectivity index (χ0n) is 9.40. The van der Waals surface area contributed by atoms with Crippen molar-refractivity contribution in [2.24, 2.45) is 12.8 Å². The maximum absolute atomic E-state index is 11.6. The maximum Gasteiger partial charge on any atom is 0.241 e. The van der Waals surface area contributed by atoms with Gasteiger partial charge in [0.1, 0.15) is 6.04 Å². The molecule has 1 heterocycles. The fraction of sp³-hybridized carbons (Fsp3) is 0.600. The number of carbonyl (C=O) groups excluding carboxylic acids is 1. The van der Waals surface area contributed by atoms with Crippen molar-refractivity contribution in [2.75, 3.05) is 0 Å². The Bertz CT molecular complexity index is 334. The summed E-state index contributed by atoms with van der Waals surface area (Å²) in [7, 11) is 1.79. The van der Waals surface area contributed by atoms with Gasteiger partial charge in [-0.05, 0) is 13.3 Å². The molecule has 1 rings (SSSR count). The predicted octanol–water partition coefficient (Wildman–Crippen LogP) is 0.335. The molecule has 84 valence electrons. The summed E-state index contributed by atoms with van der Waals surface area (Å²) in [5, 5.41) is 6.81. The topological polar surface area (TPSA) is 72.9 Å². The van der Waals surface area contributed by atoms with Gasteiger partial charge in [-0.25, -0.2) is 0 Å². The van der Waals surface area contributed by atoms with Crippen molar-refractivity contribution in [1.29, 1.82) is 0 Å². The summed E-state index contributed by atoms with van der Waals surface area (Å²) in [6, 6.07) is -0.479. The largest absolute Gasteiger partial charge is 0.352 e. The van der Waals surface area contributed by atoms with E-state index in [2.05, 4.69) is 10.4 Å². The minimum atomic E-state index is -0.632. The zero-order valence-corrected chi connectivity index (χ0v) is 9.40. The first kappa shape index (κ1) is 11.7. The second-order valence-corrected chi connectivity index (χ2v) is 3.74. The molecular weight excluding hydrogens is 192 g/mol. The quantitative estimate of drug-likeness (QED) is 0.752. The summed E-state index contributed by atoms with van der Waals surface area (Å²) in [6.07, 6.45) is 4.26. The molecule has 2 unspecified atom stereocenters. The highest BCUT2D eigenvalue weighted by Gasteiger charge is 2.18. The van der Waals surface area contributed by atoms with Gasteiger partial charge in [-0.3, -0.25) is 9.48 Å². The summed E-state index contributed by atoms with van der Waals surface area (Å²) >= 11 is 0. The van der Waals surface area contributed by atoms with Crippen molar-refractivity contribution in [3.8, 4) is 0 Å². The third-order valence-electron chi connectivity index (χ3n) is 2.37. The van der Waals surface area contributed by atoms with E-state index in [1.54, 1.807) is 24.1 Å². The molecule has 0 fully saturated rings. The summed E-state index contributed by atoms with van der Waals surface area (Å²) < 4.78 is 1.63. The van der Waals surface area contributed by atoms with Crippen molar-refractivity contribution < 1.29 is 4.79 Å². The van der Waals surface area contributed by atoms with Crippen LogP contribution in [0.1, 0.15) is 31.9 Å². The van der Waals surface area contributed by atoms with Crippen LogP contribution in [-0.2, 0) is 11.8 Å². The highest BCUT2D eigenvalue weighted by Crippen LogP contribution is 2.08. The molecule has 5 heteroatoms. The lowest BCUT2D eigenvalue weighted by molar-refractivity contribution is -0.123. The van der Waals surface area contributed by atoms with E-state index in [1.807, 2.05) is 13.8 Å². The van der Waals surface area contributed by atoms with Gasteiger partial charge >= 0.3 is 0 Å². The van der Waals surface area contributed by atoms with Gasteiger partial charge in [-0.1, -0.05) is 6.92 Å². The molecule has 0 saturated heterocycles. The van der Waals surface area contributed by atoms with Crippen molar-refractivity contribution in [3.63, 3.8) is 0 Å². The van der Waals surface area contributed by atoms with Gasteiger partial charge in [0.2, 0.25) is 5.91 Å². The Hall–Kier alpha value is -1.36. The molecule has 5 nitrogen and oxygen atoms in total. The van der Waals surface area contributed by atoms with Crippen molar-refractivity contribution in [1.82, 2.24) is 15.1 Å². The van der Waals surface area contributed by atoms with E-state index >= 15 is 0 Å². The van der Waals surface area contributed by atoms with Crippen LogP contribution in [0.25, 0.3) is 0 Å². The summed E-state index contributed by atoms with van der Waals surface area (Å²) in [6.45, 7) is 3.97. The number of amides is 1. The predicted molar refractivity (Wildman–Crippen MR) is 58.0 cm³/mol. The molecule has 0 bridgehead atoms. The normalized spacial score (nSPS) is 14.7. The van der Waals surface area contributed by atoms with E-state index in [4.69, 9.17) is 5.73 Å². The lowest BCUT2D eigenvalue weighted by Gasteiger charge is -2.14. The van der Waals surface area contributed by atoms with Crippen LogP contribution in [0.2, 0.25) is 0 Å². The highest BCUT2D eigenvalue weighted by molar-refractivity contribution is 5.82. The van der Waals surface area contributed by atoms with Crippen LogP contribution in [0.15, 0.2) is 12.4 Å². The van der Waals surface area contributed by atoms with Crippen LogP contribution in [0, 0.1) is 0 Å². The van der Waals surface area contributed by atoms with Crippen molar-refractivity contribution in [3.05, 3.63) is 18.0 Å².